The Morgan fingerprint density at radius 1 is 1.12 bits per heavy atom. The van der Waals surface area contributed by atoms with Crippen LogP contribution in [0.2, 0.25) is 0 Å². The summed E-state index contributed by atoms with van der Waals surface area (Å²) in [6.07, 6.45) is -4.97. The number of nitro benzene ring substituents is 2. The van der Waals surface area contributed by atoms with Crippen molar-refractivity contribution in [2.75, 3.05) is 16.8 Å². The van der Waals surface area contributed by atoms with Crippen LogP contribution in [0.1, 0.15) is 12.0 Å². The van der Waals surface area contributed by atoms with Crippen LogP contribution in [0, 0.1) is 20.2 Å². The minimum absolute atomic E-state index is 0.0393. The Hall–Kier alpha value is -2.44. The number of anilines is 1. The fourth-order valence-corrected chi connectivity index (χ4v) is 4.00. The Morgan fingerprint density at radius 2 is 1.62 bits per heavy atom. The van der Waals surface area contributed by atoms with Gasteiger partial charge in [0, 0.05) is 18.2 Å². The highest BCUT2D eigenvalue weighted by Crippen LogP contribution is 2.41. The maximum Gasteiger partial charge on any atom is 0.416 e. The molecule has 0 saturated carbocycles. The third-order valence-corrected chi connectivity index (χ3v) is 5.17. The van der Waals surface area contributed by atoms with Gasteiger partial charge in [-0.15, -0.1) is 0 Å². The smallest absolute Gasteiger partial charge is 0.370 e. The van der Waals surface area contributed by atoms with Crippen molar-refractivity contribution in [2.24, 2.45) is 0 Å². The molecule has 2 rings (SSSR count). The SMILES string of the molecule is O=[N+]([O-])c1cc(C(F)(F)F)cc([N+](=O)[O-])c1N[C@H]1CCS(=O)(=O)C1. The Kier molecular flexibility index (Phi) is 4.39. The molecule has 132 valence electrons. The summed E-state index contributed by atoms with van der Waals surface area (Å²) < 4.78 is 61.1. The van der Waals surface area contributed by atoms with Gasteiger partial charge in [0.05, 0.1) is 26.9 Å². The lowest BCUT2D eigenvalue weighted by Crippen LogP contribution is -2.22. The van der Waals surface area contributed by atoms with Gasteiger partial charge in [0.15, 0.2) is 15.5 Å². The molecule has 9 nitrogen and oxygen atoms in total. The topological polar surface area (TPSA) is 132 Å². The van der Waals surface area contributed by atoms with Crippen LogP contribution in [0.5, 0.6) is 0 Å². The highest BCUT2D eigenvalue weighted by Gasteiger charge is 2.39. The van der Waals surface area contributed by atoms with Gasteiger partial charge in [-0.05, 0) is 6.42 Å². The number of benzene rings is 1. The van der Waals surface area contributed by atoms with Crippen molar-refractivity contribution in [3.05, 3.63) is 37.9 Å². The molecule has 0 aromatic heterocycles. The second-order valence-corrected chi connectivity index (χ2v) is 7.37. The number of sulfone groups is 1. The van der Waals surface area contributed by atoms with E-state index in [9.17, 15) is 41.8 Å². The molecule has 0 unspecified atom stereocenters. The van der Waals surface area contributed by atoms with Crippen LogP contribution in [-0.2, 0) is 16.0 Å². The summed E-state index contributed by atoms with van der Waals surface area (Å²) in [5.41, 5.74) is -4.55. The van der Waals surface area contributed by atoms with E-state index in [0.29, 0.717) is 0 Å². The third-order valence-electron chi connectivity index (χ3n) is 3.40. The van der Waals surface area contributed by atoms with Gasteiger partial charge in [0.25, 0.3) is 11.4 Å². The van der Waals surface area contributed by atoms with Gasteiger partial charge in [0.1, 0.15) is 0 Å². The molecule has 1 saturated heterocycles. The van der Waals surface area contributed by atoms with Crippen LogP contribution in [0.4, 0.5) is 30.2 Å². The van der Waals surface area contributed by atoms with E-state index in [1.165, 1.54) is 0 Å². The maximum absolute atomic E-state index is 12.8. The number of hydrogen-bond donors (Lipinski definition) is 1. The molecule has 13 heteroatoms. The molecule has 0 spiro atoms. The van der Waals surface area contributed by atoms with E-state index in [-0.39, 0.29) is 24.3 Å². The molecule has 0 radical (unpaired) electrons. The van der Waals surface area contributed by atoms with Crippen LogP contribution in [0.25, 0.3) is 0 Å². The Labute approximate surface area is 132 Å². The van der Waals surface area contributed by atoms with Crippen LogP contribution < -0.4 is 5.32 Å². The summed E-state index contributed by atoms with van der Waals surface area (Å²) in [6, 6.07) is -0.499. The van der Waals surface area contributed by atoms with Crippen molar-refractivity contribution in [3.63, 3.8) is 0 Å². The molecule has 1 fully saturated rings. The molecular weight excluding hydrogens is 359 g/mol. The fourth-order valence-electron chi connectivity index (χ4n) is 2.32. The Balaban J connectivity index is 2.56. The standard InChI is InChI=1S/C11H10F3N3O6S/c12-11(13,14)6-3-8(16(18)19)10(9(4-6)17(20)21)15-7-1-2-24(22,23)5-7/h3-4,7,15H,1-2,5H2/t7-/m0/s1. The fraction of sp³-hybridized carbons (Fsp3) is 0.455. The van der Waals surface area contributed by atoms with E-state index in [4.69, 9.17) is 0 Å². The molecule has 1 heterocycles. The highest BCUT2D eigenvalue weighted by molar-refractivity contribution is 7.91. The number of rotatable bonds is 4. The van der Waals surface area contributed by atoms with Crippen molar-refractivity contribution < 1.29 is 31.4 Å². The molecule has 1 aromatic carbocycles. The van der Waals surface area contributed by atoms with Crippen molar-refractivity contribution in [3.8, 4) is 0 Å². The minimum atomic E-state index is -5.01. The van der Waals surface area contributed by atoms with Crippen LogP contribution >= 0.6 is 0 Å². The largest absolute Gasteiger partial charge is 0.416 e. The number of nitrogens with one attached hydrogen (secondary N) is 1. The second kappa shape index (κ2) is 5.89. The van der Waals surface area contributed by atoms with E-state index in [1.54, 1.807) is 0 Å². The van der Waals surface area contributed by atoms with Gasteiger partial charge >= 0.3 is 6.18 Å². The predicted molar refractivity (Wildman–Crippen MR) is 75.4 cm³/mol. The summed E-state index contributed by atoms with van der Waals surface area (Å²) in [5, 5.41) is 24.4. The van der Waals surface area contributed by atoms with E-state index in [1.807, 2.05) is 0 Å². The van der Waals surface area contributed by atoms with Gasteiger partial charge in [0.2, 0.25) is 0 Å². The lowest BCUT2D eigenvalue weighted by atomic mass is 10.1. The molecule has 24 heavy (non-hydrogen) atoms. The molecule has 0 bridgehead atoms. The Morgan fingerprint density at radius 3 is 1.96 bits per heavy atom. The summed E-state index contributed by atoms with van der Waals surface area (Å²) in [4.78, 5) is 19.7. The van der Waals surface area contributed by atoms with Crippen molar-refractivity contribution in [2.45, 2.75) is 18.6 Å². The van der Waals surface area contributed by atoms with E-state index >= 15 is 0 Å². The zero-order chi connectivity index (χ0) is 18.3. The monoisotopic (exact) mass is 369 g/mol. The second-order valence-electron chi connectivity index (χ2n) is 5.15. The minimum Gasteiger partial charge on any atom is -0.370 e. The van der Waals surface area contributed by atoms with Gasteiger partial charge in [-0.25, -0.2) is 8.42 Å². The van der Waals surface area contributed by atoms with Gasteiger partial charge in [-0.2, -0.15) is 13.2 Å². The van der Waals surface area contributed by atoms with Crippen LogP contribution in [0.15, 0.2) is 12.1 Å². The molecule has 1 N–H and O–H groups in total. The molecule has 0 aliphatic carbocycles. The first-order valence-electron chi connectivity index (χ1n) is 6.42. The van der Waals surface area contributed by atoms with Crippen molar-refractivity contribution >= 4 is 26.9 Å². The number of nitrogens with zero attached hydrogens (tertiary/aromatic N) is 2. The van der Waals surface area contributed by atoms with Crippen LogP contribution in [-0.4, -0.2) is 35.8 Å². The third kappa shape index (κ3) is 3.72. The first-order chi connectivity index (χ1) is 10.9. The lowest BCUT2D eigenvalue weighted by molar-refractivity contribution is -0.392. The summed E-state index contributed by atoms with van der Waals surface area (Å²) in [5.74, 6) is -0.630. The molecule has 1 aliphatic heterocycles. The Bertz CT molecular complexity index is 773. The number of hydrogen-bond acceptors (Lipinski definition) is 7. The molecule has 1 aliphatic rings. The zero-order valence-corrected chi connectivity index (χ0v) is 12.6. The highest BCUT2D eigenvalue weighted by atomic mass is 32.2. The quantitative estimate of drug-likeness (QED) is 0.635. The lowest BCUT2D eigenvalue weighted by Gasteiger charge is -2.14. The molecule has 1 aromatic rings. The van der Waals surface area contributed by atoms with E-state index < -0.39 is 60.3 Å². The number of alkyl halides is 3. The van der Waals surface area contributed by atoms with Gasteiger partial charge in [-0.3, -0.25) is 20.2 Å². The summed E-state index contributed by atoms with van der Waals surface area (Å²) >= 11 is 0. The number of halogens is 3. The number of nitro groups is 2. The van der Waals surface area contributed by atoms with Crippen molar-refractivity contribution in [1.29, 1.82) is 0 Å². The summed E-state index contributed by atoms with van der Waals surface area (Å²) in [6.45, 7) is 0. The maximum atomic E-state index is 12.8. The average molecular weight is 369 g/mol. The first kappa shape index (κ1) is 17.9. The molecule has 0 amide bonds. The first-order valence-corrected chi connectivity index (χ1v) is 8.24. The van der Waals surface area contributed by atoms with Gasteiger partial charge < -0.3 is 5.32 Å². The normalized spacial score (nSPS) is 19.9. The summed E-state index contributed by atoms with van der Waals surface area (Å²) in [7, 11) is -3.40. The predicted octanol–water partition coefficient (Wildman–Crippen LogP) is 2.12. The molecule has 1 atom stereocenters. The van der Waals surface area contributed by atoms with Gasteiger partial charge in [-0.1, -0.05) is 0 Å². The molecular formula is C11H10F3N3O6S. The average Bonchev–Trinajstić information content (AvgIpc) is 2.76. The van der Waals surface area contributed by atoms with Crippen LogP contribution in [0.3, 0.4) is 0 Å². The van der Waals surface area contributed by atoms with E-state index in [2.05, 4.69) is 5.32 Å². The van der Waals surface area contributed by atoms with E-state index in [0.717, 1.165) is 0 Å². The van der Waals surface area contributed by atoms with Crippen molar-refractivity contribution in [1.82, 2.24) is 0 Å². The zero-order valence-electron chi connectivity index (χ0n) is 11.7.